The van der Waals surface area contributed by atoms with E-state index in [9.17, 15) is 4.79 Å². The SMILES string of the molecule is COc1ccc(/C=C2/CCCc3c2nc2ccc(C)cn2c3=O)cc1. The second kappa shape index (κ2) is 6.20. The van der Waals surface area contributed by atoms with Gasteiger partial charge in [-0.2, -0.15) is 0 Å². The van der Waals surface area contributed by atoms with Crippen LogP contribution in [-0.4, -0.2) is 16.5 Å². The fourth-order valence-electron chi connectivity index (χ4n) is 3.39. The fourth-order valence-corrected chi connectivity index (χ4v) is 3.39. The molecule has 4 rings (SSSR count). The van der Waals surface area contributed by atoms with Gasteiger partial charge in [0, 0.05) is 11.8 Å². The Labute approximate surface area is 146 Å². The van der Waals surface area contributed by atoms with Gasteiger partial charge >= 0.3 is 0 Å². The second-order valence-corrected chi connectivity index (χ2v) is 6.48. The van der Waals surface area contributed by atoms with Crippen LogP contribution in [-0.2, 0) is 6.42 Å². The lowest BCUT2D eigenvalue weighted by Crippen LogP contribution is -2.24. The van der Waals surface area contributed by atoms with Gasteiger partial charge in [0.05, 0.1) is 12.8 Å². The van der Waals surface area contributed by atoms with Gasteiger partial charge in [0.25, 0.3) is 5.56 Å². The number of ether oxygens (including phenoxy) is 1. The van der Waals surface area contributed by atoms with Crippen LogP contribution in [0.25, 0.3) is 17.3 Å². The first kappa shape index (κ1) is 15.6. The van der Waals surface area contributed by atoms with Gasteiger partial charge < -0.3 is 4.74 Å². The van der Waals surface area contributed by atoms with Gasteiger partial charge in [-0.15, -0.1) is 0 Å². The summed E-state index contributed by atoms with van der Waals surface area (Å²) in [5, 5.41) is 0. The monoisotopic (exact) mass is 332 g/mol. The number of pyridine rings is 1. The van der Waals surface area contributed by atoms with Crippen LogP contribution in [0.5, 0.6) is 5.75 Å². The maximum atomic E-state index is 12.9. The van der Waals surface area contributed by atoms with E-state index in [0.717, 1.165) is 53.0 Å². The van der Waals surface area contributed by atoms with E-state index in [1.54, 1.807) is 11.5 Å². The largest absolute Gasteiger partial charge is 0.497 e. The molecule has 3 aromatic rings. The van der Waals surface area contributed by atoms with E-state index < -0.39 is 0 Å². The Balaban J connectivity index is 1.86. The fraction of sp³-hybridized carbons (Fsp3) is 0.238. The molecule has 0 saturated carbocycles. The molecule has 4 heteroatoms. The molecule has 0 aliphatic heterocycles. The minimum Gasteiger partial charge on any atom is -0.497 e. The van der Waals surface area contributed by atoms with Gasteiger partial charge in [-0.3, -0.25) is 9.20 Å². The summed E-state index contributed by atoms with van der Waals surface area (Å²) < 4.78 is 6.88. The summed E-state index contributed by atoms with van der Waals surface area (Å²) in [5.74, 6) is 0.837. The number of methoxy groups -OCH3 is 1. The zero-order chi connectivity index (χ0) is 17.4. The van der Waals surface area contributed by atoms with Crippen LogP contribution in [0.1, 0.15) is 35.2 Å². The van der Waals surface area contributed by atoms with Crippen molar-refractivity contribution < 1.29 is 4.74 Å². The number of allylic oxidation sites excluding steroid dienone is 1. The molecule has 25 heavy (non-hydrogen) atoms. The van der Waals surface area contributed by atoms with Gasteiger partial charge in [-0.05, 0) is 67.2 Å². The van der Waals surface area contributed by atoms with Crippen molar-refractivity contribution in [3.63, 3.8) is 0 Å². The average molecular weight is 332 g/mol. The van der Waals surface area contributed by atoms with Crippen molar-refractivity contribution in [1.29, 1.82) is 0 Å². The highest BCUT2D eigenvalue weighted by molar-refractivity contribution is 5.82. The van der Waals surface area contributed by atoms with Crippen molar-refractivity contribution in [1.82, 2.24) is 9.38 Å². The Morgan fingerprint density at radius 3 is 2.68 bits per heavy atom. The number of fused-ring (bicyclic) bond motifs is 2. The first-order valence-electron chi connectivity index (χ1n) is 8.52. The summed E-state index contributed by atoms with van der Waals surface area (Å²) in [6.07, 6.45) is 6.70. The standard InChI is InChI=1S/C21H20N2O2/c1-14-6-11-19-22-20-16(12-15-7-9-17(25-2)10-8-15)4-3-5-18(20)21(24)23(19)13-14/h6-13H,3-5H2,1-2H3/b16-12-. The Bertz CT molecular complexity index is 1030. The van der Waals surface area contributed by atoms with Crippen molar-refractivity contribution >= 4 is 17.3 Å². The average Bonchev–Trinajstić information content (AvgIpc) is 2.64. The smallest absolute Gasteiger partial charge is 0.261 e. The number of nitrogens with zero attached hydrogens (tertiary/aromatic N) is 2. The number of hydrogen-bond donors (Lipinski definition) is 0. The summed E-state index contributed by atoms with van der Waals surface area (Å²) in [7, 11) is 1.66. The van der Waals surface area contributed by atoms with E-state index in [1.165, 1.54) is 0 Å². The Morgan fingerprint density at radius 1 is 1.12 bits per heavy atom. The van der Waals surface area contributed by atoms with Crippen LogP contribution in [0.15, 0.2) is 47.4 Å². The van der Waals surface area contributed by atoms with Crippen LogP contribution in [0.4, 0.5) is 0 Å². The summed E-state index contributed by atoms with van der Waals surface area (Å²) in [6.45, 7) is 1.99. The molecule has 0 N–H and O–H groups in total. The highest BCUT2D eigenvalue weighted by Crippen LogP contribution is 2.30. The van der Waals surface area contributed by atoms with E-state index in [-0.39, 0.29) is 5.56 Å². The lowest BCUT2D eigenvalue weighted by Gasteiger charge is -2.18. The van der Waals surface area contributed by atoms with Gasteiger partial charge in [0.15, 0.2) is 0 Å². The topological polar surface area (TPSA) is 43.6 Å². The minimum absolute atomic E-state index is 0.0593. The normalized spacial score (nSPS) is 15.4. The maximum absolute atomic E-state index is 12.9. The summed E-state index contributed by atoms with van der Waals surface area (Å²) in [4.78, 5) is 17.7. The molecule has 126 valence electrons. The molecule has 4 nitrogen and oxygen atoms in total. The van der Waals surface area contributed by atoms with Gasteiger partial charge in [0.2, 0.25) is 0 Å². The van der Waals surface area contributed by atoms with E-state index >= 15 is 0 Å². The van der Waals surface area contributed by atoms with Crippen molar-refractivity contribution in [3.8, 4) is 5.75 Å². The van der Waals surface area contributed by atoms with Gasteiger partial charge in [0.1, 0.15) is 11.4 Å². The zero-order valence-electron chi connectivity index (χ0n) is 14.5. The lowest BCUT2D eigenvalue weighted by atomic mass is 9.91. The highest BCUT2D eigenvalue weighted by atomic mass is 16.5. The van der Waals surface area contributed by atoms with E-state index in [1.807, 2.05) is 49.5 Å². The Morgan fingerprint density at radius 2 is 1.92 bits per heavy atom. The lowest BCUT2D eigenvalue weighted by molar-refractivity contribution is 0.415. The molecule has 1 aromatic carbocycles. The third-order valence-corrected chi connectivity index (χ3v) is 4.70. The highest BCUT2D eigenvalue weighted by Gasteiger charge is 2.20. The second-order valence-electron chi connectivity index (χ2n) is 6.48. The predicted octanol–water partition coefficient (Wildman–Crippen LogP) is 3.89. The molecule has 0 spiro atoms. The zero-order valence-corrected chi connectivity index (χ0v) is 14.5. The van der Waals surface area contributed by atoms with E-state index in [0.29, 0.717) is 5.65 Å². The van der Waals surface area contributed by atoms with E-state index in [4.69, 9.17) is 9.72 Å². The Hall–Kier alpha value is -2.88. The van der Waals surface area contributed by atoms with E-state index in [2.05, 4.69) is 6.08 Å². The molecule has 0 fully saturated rings. The van der Waals surface area contributed by atoms with Gasteiger partial charge in [-0.1, -0.05) is 18.2 Å². The number of rotatable bonds is 2. The first-order valence-corrected chi connectivity index (χ1v) is 8.52. The minimum atomic E-state index is 0.0593. The number of hydrogen-bond acceptors (Lipinski definition) is 3. The third kappa shape index (κ3) is 2.84. The van der Waals surface area contributed by atoms with Crippen LogP contribution < -0.4 is 10.3 Å². The van der Waals surface area contributed by atoms with Crippen molar-refractivity contribution in [2.75, 3.05) is 7.11 Å². The van der Waals surface area contributed by atoms with Crippen LogP contribution in [0.3, 0.4) is 0 Å². The number of aryl methyl sites for hydroxylation is 1. The quantitative estimate of drug-likeness (QED) is 0.715. The summed E-state index contributed by atoms with van der Waals surface area (Å²) >= 11 is 0. The number of benzene rings is 1. The Kier molecular flexibility index (Phi) is 3.88. The molecular formula is C21H20N2O2. The van der Waals surface area contributed by atoms with Crippen LogP contribution in [0.2, 0.25) is 0 Å². The molecule has 1 aliphatic carbocycles. The molecule has 0 atom stereocenters. The van der Waals surface area contributed by atoms with Crippen molar-refractivity contribution in [2.45, 2.75) is 26.2 Å². The molecule has 0 bridgehead atoms. The molecule has 2 aromatic heterocycles. The molecule has 0 amide bonds. The molecule has 2 heterocycles. The molecule has 1 aliphatic rings. The van der Waals surface area contributed by atoms with Crippen LogP contribution in [0, 0.1) is 6.92 Å². The molecule has 0 radical (unpaired) electrons. The van der Waals surface area contributed by atoms with Crippen LogP contribution >= 0.6 is 0 Å². The summed E-state index contributed by atoms with van der Waals surface area (Å²) in [5.41, 5.74) is 5.73. The van der Waals surface area contributed by atoms with Gasteiger partial charge in [-0.25, -0.2) is 4.98 Å². The van der Waals surface area contributed by atoms with Crippen molar-refractivity contribution in [3.05, 3.63) is 75.3 Å². The molecular weight excluding hydrogens is 312 g/mol. The number of aromatic nitrogens is 2. The summed E-state index contributed by atoms with van der Waals surface area (Å²) in [6, 6.07) is 11.8. The molecule has 0 unspecified atom stereocenters. The predicted molar refractivity (Wildman–Crippen MR) is 100 cm³/mol. The molecule has 0 saturated heterocycles. The maximum Gasteiger partial charge on any atom is 0.261 e. The van der Waals surface area contributed by atoms with Crippen molar-refractivity contribution in [2.24, 2.45) is 0 Å². The first-order chi connectivity index (χ1) is 12.2. The third-order valence-electron chi connectivity index (χ3n) is 4.70.